The van der Waals surface area contributed by atoms with E-state index < -0.39 is 0 Å². The summed E-state index contributed by atoms with van der Waals surface area (Å²) < 4.78 is 1.76. The molecule has 0 aliphatic heterocycles. The highest BCUT2D eigenvalue weighted by atomic mass is 16.1. The van der Waals surface area contributed by atoms with Crippen molar-refractivity contribution in [2.75, 3.05) is 0 Å². The van der Waals surface area contributed by atoms with Gasteiger partial charge in [-0.2, -0.15) is 0 Å². The number of hydrogen-bond donors (Lipinski definition) is 1. The van der Waals surface area contributed by atoms with Gasteiger partial charge in [0, 0.05) is 17.4 Å². The van der Waals surface area contributed by atoms with Gasteiger partial charge in [-0.3, -0.25) is 4.57 Å². The van der Waals surface area contributed by atoms with E-state index in [-0.39, 0.29) is 11.7 Å². The Balaban J connectivity index is 3.34. The molecule has 0 radical (unpaired) electrons. The predicted octanol–water partition coefficient (Wildman–Crippen LogP) is 1.37. The third-order valence-electron chi connectivity index (χ3n) is 1.93. The van der Waals surface area contributed by atoms with Gasteiger partial charge in [-0.05, 0) is 27.7 Å². The lowest BCUT2D eigenvalue weighted by molar-refractivity contribution is 0.566. The highest BCUT2D eigenvalue weighted by Gasteiger charge is 2.07. The van der Waals surface area contributed by atoms with Gasteiger partial charge >= 0.3 is 5.69 Å². The summed E-state index contributed by atoms with van der Waals surface area (Å²) in [6.07, 6.45) is 0. The van der Waals surface area contributed by atoms with E-state index in [1.54, 1.807) is 4.57 Å². The molecule has 62 valence electrons. The molecule has 3 heteroatoms. The molecule has 1 aromatic rings. The first-order valence-corrected chi connectivity index (χ1v) is 3.81. The molecule has 0 spiro atoms. The van der Waals surface area contributed by atoms with Gasteiger partial charge in [0.2, 0.25) is 0 Å². The first-order valence-electron chi connectivity index (χ1n) is 3.81. The number of nitrogens with one attached hydrogen (secondary N) is 1. The Hall–Kier alpha value is -0.990. The van der Waals surface area contributed by atoms with Gasteiger partial charge in [-0.1, -0.05) is 0 Å². The standard InChI is InChI=1S/C8H14N2O/c1-5(2)10-7(4)6(3)9-8(10)11/h5H,1-4H3,(H,9,11). The monoisotopic (exact) mass is 154 g/mol. The molecule has 0 aliphatic carbocycles. The average Bonchev–Trinajstić information content (AvgIpc) is 2.07. The summed E-state index contributed by atoms with van der Waals surface area (Å²) in [5.41, 5.74) is 1.99. The number of nitrogens with zero attached hydrogens (tertiary/aromatic N) is 1. The van der Waals surface area contributed by atoms with Crippen molar-refractivity contribution in [2.24, 2.45) is 0 Å². The molecule has 1 heterocycles. The maximum Gasteiger partial charge on any atom is 0.326 e. The molecule has 11 heavy (non-hydrogen) atoms. The van der Waals surface area contributed by atoms with E-state index in [4.69, 9.17) is 0 Å². The molecule has 0 aromatic carbocycles. The molecule has 0 bridgehead atoms. The molecule has 0 fully saturated rings. The Morgan fingerprint density at radius 2 is 1.91 bits per heavy atom. The minimum atomic E-state index is -0.00463. The highest BCUT2D eigenvalue weighted by Crippen LogP contribution is 2.07. The molecule has 0 amide bonds. The third-order valence-corrected chi connectivity index (χ3v) is 1.93. The van der Waals surface area contributed by atoms with Crippen LogP contribution in [-0.2, 0) is 0 Å². The minimum absolute atomic E-state index is 0.00463. The van der Waals surface area contributed by atoms with E-state index in [1.807, 2.05) is 27.7 Å². The number of hydrogen-bond acceptors (Lipinski definition) is 1. The number of aryl methyl sites for hydroxylation is 1. The Morgan fingerprint density at radius 3 is 2.09 bits per heavy atom. The van der Waals surface area contributed by atoms with Crippen LogP contribution in [0.1, 0.15) is 31.3 Å². The summed E-state index contributed by atoms with van der Waals surface area (Å²) in [5, 5.41) is 0. The number of aromatic nitrogens is 2. The van der Waals surface area contributed by atoms with Crippen molar-refractivity contribution >= 4 is 0 Å². The number of aromatic amines is 1. The lowest BCUT2D eigenvalue weighted by Gasteiger charge is -2.06. The van der Waals surface area contributed by atoms with Crippen LogP contribution in [0.2, 0.25) is 0 Å². The maximum absolute atomic E-state index is 11.2. The normalized spacial score (nSPS) is 11.0. The van der Waals surface area contributed by atoms with Crippen LogP contribution in [0.25, 0.3) is 0 Å². The zero-order valence-electron chi connectivity index (χ0n) is 7.43. The first kappa shape index (κ1) is 8.11. The van der Waals surface area contributed by atoms with Gasteiger partial charge in [0.15, 0.2) is 0 Å². The molecule has 3 nitrogen and oxygen atoms in total. The molecular formula is C8H14N2O. The largest absolute Gasteiger partial charge is 0.326 e. The van der Waals surface area contributed by atoms with Crippen LogP contribution >= 0.6 is 0 Å². The van der Waals surface area contributed by atoms with E-state index in [0.717, 1.165) is 11.4 Å². The molecule has 0 atom stereocenters. The van der Waals surface area contributed by atoms with Crippen LogP contribution in [0, 0.1) is 13.8 Å². The Morgan fingerprint density at radius 1 is 1.36 bits per heavy atom. The molecular weight excluding hydrogens is 140 g/mol. The van der Waals surface area contributed by atoms with Crippen LogP contribution < -0.4 is 5.69 Å². The van der Waals surface area contributed by atoms with Crippen molar-refractivity contribution in [1.82, 2.24) is 9.55 Å². The molecule has 0 saturated carbocycles. The summed E-state index contributed by atoms with van der Waals surface area (Å²) in [7, 11) is 0. The average molecular weight is 154 g/mol. The van der Waals surface area contributed by atoms with Crippen molar-refractivity contribution in [2.45, 2.75) is 33.7 Å². The molecule has 1 aromatic heterocycles. The van der Waals surface area contributed by atoms with Crippen LogP contribution in [0.4, 0.5) is 0 Å². The highest BCUT2D eigenvalue weighted by molar-refractivity contribution is 5.09. The second-order valence-corrected chi connectivity index (χ2v) is 3.10. The Labute approximate surface area is 66.1 Å². The Kier molecular flexibility index (Phi) is 1.89. The number of rotatable bonds is 1. The minimum Gasteiger partial charge on any atom is -0.310 e. The van der Waals surface area contributed by atoms with Gasteiger partial charge in [-0.25, -0.2) is 4.79 Å². The van der Waals surface area contributed by atoms with E-state index in [2.05, 4.69) is 4.98 Å². The molecule has 1 N–H and O–H groups in total. The second kappa shape index (κ2) is 2.57. The summed E-state index contributed by atoms with van der Waals surface area (Å²) in [5.74, 6) is 0. The lowest BCUT2D eigenvalue weighted by Crippen LogP contribution is -2.19. The van der Waals surface area contributed by atoms with Gasteiger partial charge < -0.3 is 4.98 Å². The van der Waals surface area contributed by atoms with Gasteiger partial charge in [0.05, 0.1) is 0 Å². The smallest absolute Gasteiger partial charge is 0.310 e. The maximum atomic E-state index is 11.2. The quantitative estimate of drug-likeness (QED) is 0.651. The summed E-state index contributed by atoms with van der Waals surface area (Å²) in [6, 6.07) is 0.243. The zero-order valence-corrected chi connectivity index (χ0v) is 7.43. The first-order chi connectivity index (χ1) is 5.04. The van der Waals surface area contributed by atoms with Crippen molar-refractivity contribution < 1.29 is 0 Å². The van der Waals surface area contributed by atoms with Crippen molar-refractivity contribution in [3.05, 3.63) is 21.9 Å². The molecule has 0 unspecified atom stereocenters. The van der Waals surface area contributed by atoms with Crippen LogP contribution in [0.3, 0.4) is 0 Å². The van der Waals surface area contributed by atoms with Crippen LogP contribution in [0.5, 0.6) is 0 Å². The van der Waals surface area contributed by atoms with Crippen molar-refractivity contribution in [3.63, 3.8) is 0 Å². The van der Waals surface area contributed by atoms with Gasteiger partial charge in [0.25, 0.3) is 0 Å². The zero-order chi connectivity index (χ0) is 8.59. The fraction of sp³-hybridized carbons (Fsp3) is 0.625. The van der Waals surface area contributed by atoms with E-state index in [0.29, 0.717) is 0 Å². The predicted molar refractivity (Wildman–Crippen MR) is 44.9 cm³/mol. The molecule has 0 aliphatic rings. The van der Waals surface area contributed by atoms with Crippen molar-refractivity contribution in [3.8, 4) is 0 Å². The van der Waals surface area contributed by atoms with Gasteiger partial charge in [-0.15, -0.1) is 0 Å². The second-order valence-electron chi connectivity index (χ2n) is 3.10. The number of imidazole rings is 1. The fourth-order valence-electron chi connectivity index (χ4n) is 1.27. The molecule has 0 saturated heterocycles. The molecule has 1 rings (SSSR count). The van der Waals surface area contributed by atoms with Crippen molar-refractivity contribution in [1.29, 1.82) is 0 Å². The Bertz CT molecular complexity index is 306. The lowest BCUT2D eigenvalue weighted by atomic mass is 10.3. The number of H-pyrrole nitrogens is 1. The van der Waals surface area contributed by atoms with Crippen LogP contribution in [0.15, 0.2) is 4.79 Å². The summed E-state index contributed by atoms with van der Waals surface area (Å²) in [4.78, 5) is 14.0. The van der Waals surface area contributed by atoms with E-state index in [9.17, 15) is 4.79 Å². The van der Waals surface area contributed by atoms with E-state index in [1.165, 1.54) is 0 Å². The SMILES string of the molecule is Cc1[nH]c(=O)n(C(C)C)c1C. The van der Waals surface area contributed by atoms with E-state index >= 15 is 0 Å². The summed E-state index contributed by atoms with van der Waals surface area (Å²) in [6.45, 7) is 7.87. The summed E-state index contributed by atoms with van der Waals surface area (Å²) >= 11 is 0. The van der Waals surface area contributed by atoms with Gasteiger partial charge in [0.1, 0.15) is 0 Å². The third kappa shape index (κ3) is 1.23. The van der Waals surface area contributed by atoms with Crippen LogP contribution in [-0.4, -0.2) is 9.55 Å². The topological polar surface area (TPSA) is 37.8 Å². The fourth-order valence-corrected chi connectivity index (χ4v) is 1.27.